The van der Waals surface area contributed by atoms with Crippen LogP contribution in [-0.4, -0.2) is 28.2 Å². The maximum atomic E-state index is 13.1. The van der Waals surface area contributed by atoms with Crippen LogP contribution in [0.2, 0.25) is 0 Å². The Balaban J connectivity index is 2.20. The van der Waals surface area contributed by atoms with Crippen molar-refractivity contribution in [1.82, 2.24) is 9.97 Å². The Labute approximate surface area is 129 Å². The minimum absolute atomic E-state index is 0.0363. The lowest BCUT2D eigenvalue weighted by Crippen LogP contribution is -2.27. The van der Waals surface area contributed by atoms with E-state index in [2.05, 4.69) is 15.3 Å². The number of carboxylic acid groups (broad SMARTS) is 1. The molecule has 2 aromatic rings. The summed E-state index contributed by atoms with van der Waals surface area (Å²) < 4.78 is 18.0. The van der Waals surface area contributed by atoms with Gasteiger partial charge >= 0.3 is 5.97 Å². The summed E-state index contributed by atoms with van der Waals surface area (Å²) in [6.07, 6.45) is 1.39. The van der Waals surface area contributed by atoms with E-state index in [1.165, 1.54) is 37.5 Å². The molecule has 1 unspecified atom stereocenters. The minimum Gasteiger partial charge on any atom is -0.477 e. The molecule has 23 heavy (non-hydrogen) atoms. The molecule has 7 nitrogen and oxygen atoms in total. The summed E-state index contributed by atoms with van der Waals surface area (Å²) in [4.78, 5) is 30.1. The highest BCUT2D eigenvalue weighted by Gasteiger charge is 2.29. The number of aromatic amines is 1. The molecule has 0 amide bonds. The minimum atomic E-state index is -1.19. The SMILES string of the molecule is COc1nc2c(c(=O)[nH]1)C(c1ccc(F)cc1)C=C(C(=O)O)N2. The molecule has 0 fully saturated rings. The van der Waals surface area contributed by atoms with Crippen LogP contribution in [0.3, 0.4) is 0 Å². The van der Waals surface area contributed by atoms with Crippen molar-refractivity contribution in [3.8, 4) is 6.01 Å². The molecule has 1 aromatic carbocycles. The monoisotopic (exact) mass is 317 g/mol. The molecule has 1 atom stereocenters. The lowest BCUT2D eigenvalue weighted by atomic mass is 9.89. The number of H-pyrrole nitrogens is 1. The van der Waals surface area contributed by atoms with E-state index in [-0.39, 0.29) is 23.1 Å². The molecular formula is C15H12FN3O4. The van der Waals surface area contributed by atoms with Crippen LogP contribution in [0.1, 0.15) is 17.0 Å². The lowest BCUT2D eigenvalue weighted by Gasteiger charge is -2.23. The number of carboxylic acids is 1. The summed E-state index contributed by atoms with van der Waals surface area (Å²) in [6, 6.07) is 5.45. The van der Waals surface area contributed by atoms with E-state index in [9.17, 15) is 19.1 Å². The summed E-state index contributed by atoms with van der Waals surface area (Å²) in [7, 11) is 1.33. The van der Waals surface area contributed by atoms with Gasteiger partial charge in [0.1, 0.15) is 17.3 Å². The first-order chi connectivity index (χ1) is 11.0. The molecule has 3 rings (SSSR count). The van der Waals surface area contributed by atoms with Crippen molar-refractivity contribution in [3.05, 3.63) is 63.3 Å². The highest BCUT2D eigenvalue weighted by molar-refractivity contribution is 5.91. The van der Waals surface area contributed by atoms with Crippen molar-refractivity contribution in [1.29, 1.82) is 0 Å². The number of halogens is 1. The molecule has 0 spiro atoms. The molecule has 2 heterocycles. The number of aromatic nitrogens is 2. The number of nitrogens with zero attached hydrogens (tertiary/aromatic N) is 1. The molecule has 1 aliphatic rings. The average molecular weight is 317 g/mol. The Hall–Kier alpha value is -3.16. The molecule has 0 aliphatic carbocycles. The third-order valence-electron chi connectivity index (χ3n) is 3.48. The highest BCUT2D eigenvalue weighted by Crippen LogP contribution is 2.34. The molecule has 8 heteroatoms. The van der Waals surface area contributed by atoms with E-state index < -0.39 is 23.3 Å². The molecule has 0 bridgehead atoms. The van der Waals surface area contributed by atoms with Gasteiger partial charge in [0.2, 0.25) is 0 Å². The van der Waals surface area contributed by atoms with E-state index in [0.717, 1.165) is 0 Å². The summed E-state index contributed by atoms with van der Waals surface area (Å²) >= 11 is 0. The lowest BCUT2D eigenvalue weighted by molar-refractivity contribution is -0.132. The number of allylic oxidation sites excluding steroid dienone is 1. The van der Waals surface area contributed by atoms with E-state index >= 15 is 0 Å². The molecule has 1 aromatic heterocycles. The van der Waals surface area contributed by atoms with Crippen LogP contribution in [0.4, 0.5) is 10.2 Å². The zero-order valence-electron chi connectivity index (χ0n) is 12.0. The van der Waals surface area contributed by atoms with Crippen LogP contribution in [0, 0.1) is 5.82 Å². The Morgan fingerprint density at radius 3 is 2.65 bits per heavy atom. The van der Waals surface area contributed by atoms with Crippen LogP contribution in [0.15, 0.2) is 40.8 Å². The molecule has 118 valence electrons. The Morgan fingerprint density at radius 2 is 2.04 bits per heavy atom. The van der Waals surface area contributed by atoms with Gasteiger partial charge in [-0.15, -0.1) is 0 Å². The second kappa shape index (κ2) is 5.56. The number of ether oxygens (including phenoxy) is 1. The molecule has 0 saturated heterocycles. The van der Waals surface area contributed by atoms with Crippen molar-refractivity contribution in [2.75, 3.05) is 12.4 Å². The predicted molar refractivity (Wildman–Crippen MR) is 79.0 cm³/mol. The van der Waals surface area contributed by atoms with E-state index in [0.29, 0.717) is 5.56 Å². The third kappa shape index (κ3) is 2.66. The Bertz CT molecular complexity index is 858. The standard InChI is InChI=1S/C15H12FN3O4/c1-23-15-18-12-11(13(20)19-15)9(6-10(17-12)14(21)22)7-2-4-8(16)5-3-7/h2-6,9H,1H3,(H,21,22)(H2,17,18,19,20). The van der Waals surface area contributed by atoms with Crippen LogP contribution < -0.4 is 15.6 Å². The fourth-order valence-corrected chi connectivity index (χ4v) is 2.42. The summed E-state index contributed by atoms with van der Waals surface area (Å²) in [6.45, 7) is 0. The van der Waals surface area contributed by atoms with E-state index in [1.54, 1.807) is 0 Å². The van der Waals surface area contributed by atoms with Gasteiger partial charge in [-0.1, -0.05) is 12.1 Å². The van der Waals surface area contributed by atoms with Crippen LogP contribution in [0.5, 0.6) is 6.01 Å². The Morgan fingerprint density at radius 1 is 1.35 bits per heavy atom. The van der Waals surface area contributed by atoms with Gasteiger partial charge in [0.05, 0.1) is 12.7 Å². The van der Waals surface area contributed by atoms with Crippen molar-refractivity contribution in [2.24, 2.45) is 0 Å². The van der Waals surface area contributed by atoms with Gasteiger partial charge in [-0.05, 0) is 23.8 Å². The largest absolute Gasteiger partial charge is 0.477 e. The topological polar surface area (TPSA) is 104 Å². The molecular weight excluding hydrogens is 305 g/mol. The first-order valence-corrected chi connectivity index (χ1v) is 6.65. The number of hydrogen-bond acceptors (Lipinski definition) is 5. The number of nitrogens with one attached hydrogen (secondary N) is 2. The first kappa shape index (κ1) is 14.8. The number of aliphatic carboxylic acids is 1. The highest BCUT2D eigenvalue weighted by atomic mass is 19.1. The van der Waals surface area contributed by atoms with Gasteiger partial charge in [0.15, 0.2) is 0 Å². The van der Waals surface area contributed by atoms with Crippen LogP contribution >= 0.6 is 0 Å². The van der Waals surface area contributed by atoms with Gasteiger partial charge in [-0.2, -0.15) is 4.98 Å². The molecule has 3 N–H and O–H groups in total. The summed E-state index contributed by atoms with van der Waals surface area (Å²) in [5.41, 5.74) is 0.231. The van der Waals surface area contributed by atoms with Crippen LogP contribution in [-0.2, 0) is 4.79 Å². The van der Waals surface area contributed by atoms with Crippen molar-refractivity contribution < 1.29 is 19.0 Å². The fourth-order valence-electron chi connectivity index (χ4n) is 2.42. The number of carbonyl (C=O) groups is 1. The van der Waals surface area contributed by atoms with E-state index in [1.807, 2.05) is 0 Å². The molecule has 1 aliphatic heterocycles. The number of hydrogen-bond donors (Lipinski definition) is 3. The van der Waals surface area contributed by atoms with Crippen molar-refractivity contribution >= 4 is 11.8 Å². The van der Waals surface area contributed by atoms with Crippen LogP contribution in [0.25, 0.3) is 0 Å². The Kier molecular flexibility index (Phi) is 3.57. The summed E-state index contributed by atoms with van der Waals surface area (Å²) in [5, 5.41) is 11.8. The van der Waals surface area contributed by atoms with Crippen molar-refractivity contribution in [3.63, 3.8) is 0 Å². The van der Waals surface area contributed by atoms with Gasteiger partial charge in [-0.3, -0.25) is 9.78 Å². The maximum absolute atomic E-state index is 13.1. The van der Waals surface area contributed by atoms with Crippen molar-refractivity contribution in [2.45, 2.75) is 5.92 Å². The molecule has 0 radical (unpaired) electrons. The molecule has 0 saturated carbocycles. The number of methoxy groups -OCH3 is 1. The predicted octanol–water partition coefficient (Wildman–Crippen LogP) is 1.44. The first-order valence-electron chi connectivity index (χ1n) is 6.65. The second-order valence-electron chi connectivity index (χ2n) is 4.88. The summed E-state index contributed by atoms with van der Waals surface area (Å²) in [5.74, 6) is -2.18. The number of fused-ring (bicyclic) bond motifs is 1. The zero-order valence-corrected chi connectivity index (χ0v) is 12.0. The van der Waals surface area contributed by atoms with Gasteiger partial charge in [0.25, 0.3) is 11.6 Å². The zero-order chi connectivity index (χ0) is 16.6. The normalized spacial score (nSPS) is 16.1. The van der Waals surface area contributed by atoms with Gasteiger partial charge in [-0.25, -0.2) is 9.18 Å². The quantitative estimate of drug-likeness (QED) is 0.791. The smallest absolute Gasteiger partial charge is 0.352 e. The maximum Gasteiger partial charge on any atom is 0.352 e. The van der Waals surface area contributed by atoms with Gasteiger partial charge in [0, 0.05) is 5.92 Å². The van der Waals surface area contributed by atoms with E-state index in [4.69, 9.17) is 4.74 Å². The number of benzene rings is 1. The number of rotatable bonds is 3. The number of anilines is 1. The average Bonchev–Trinajstić information content (AvgIpc) is 2.54. The fraction of sp³-hybridized carbons (Fsp3) is 0.133. The van der Waals surface area contributed by atoms with Gasteiger partial charge < -0.3 is 15.2 Å². The third-order valence-corrected chi connectivity index (χ3v) is 3.48. The second-order valence-corrected chi connectivity index (χ2v) is 4.88.